The van der Waals surface area contributed by atoms with Crippen molar-refractivity contribution in [1.29, 1.82) is 0 Å². The first-order chi connectivity index (χ1) is 28.1. The van der Waals surface area contributed by atoms with Gasteiger partial charge in [-0.3, -0.25) is 0 Å². The quantitative estimate of drug-likeness (QED) is 0.163. The van der Waals surface area contributed by atoms with Gasteiger partial charge in [0.15, 0.2) is 23.3 Å². The molecule has 57 heavy (non-hydrogen) atoms. The van der Waals surface area contributed by atoms with E-state index in [0.717, 1.165) is 61.5 Å². The van der Waals surface area contributed by atoms with Gasteiger partial charge in [-0.15, -0.1) is 0 Å². The molecule has 0 atom stereocenters. The number of hydrogen-bond donors (Lipinski definition) is 0. The topological polar surface area (TPSA) is 69.4 Å². The van der Waals surface area contributed by atoms with Gasteiger partial charge in [-0.1, -0.05) is 152 Å². The molecule has 0 fully saturated rings. The van der Waals surface area contributed by atoms with Crippen molar-refractivity contribution < 1.29 is 0 Å². The van der Waals surface area contributed by atoms with Gasteiger partial charge < -0.3 is 4.57 Å². The van der Waals surface area contributed by atoms with Crippen molar-refractivity contribution in [3.8, 4) is 73.8 Å². The summed E-state index contributed by atoms with van der Waals surface area (Å²) in [5.41, 5.74) is 12.8. The van der Waals surface area contributed by atoms with Crippen molar-refractivity contribution in [2.75, 3.05) is 0 Å². The summed E-state index contributed by atoms with van der Waals surface area (Å²) in [7, 11) is 0. The second kappa shape index (κ2) is 14.3. The molecular weight excluding hydrogens is 697 g/mol. The Labute approximate surface area is 330 Å². The van der Waals surface area contributed by atoms with Crippen LogP contribution >= 0.6 is 0 Å². The lowest BCUT2D eigenvalue weighted by molar-refractivity contribution is 1.06. The van der Waals surface area contributed by atoms with Gasteiger partial charge in [-0.25, -0.2) is 24.9 Å². The Morgan fingerprint density at radius 3 is 1.25 bits per heavy atom. The predicted octanol–water partition coefficient (Wildman–Crippen LogP) is 12.4. The Hall–Kier alpha value is -7.57. The van der Waals surface area contributed by atoms with Crippen LogP contribution in [0.15, 0.2) is 182 Å². The van der Waals surface area contributed by atoms with Crippen molar-refractivity contribution in [3.05, 3.63) is 193 Å². The van der Waals surface area contributed by atoms with E-state index in [9.17, 15) is 0 Å². The molecule has 0 saturated carbocycles. The van der Waals surface area contributed by atoms with Crippen LogP contribution < -0.4 is 0 Å². The molecule has 6 heteroatoms. The van der Waals surface area contributed by atoms with E-state index in [0.29, 0.717) is 23.3 Å². The molecule has 270 valence electrons. The van der Waals surface area contributed by atoms with Gasteiger partial charge in [0.1, 0.15) is 0 Å². The fourth-order valence-electron chi connectivity index (χ4n) is 7.56. The summed E-state index contributed by atoms with van der Waals surface area (Å²) in [5, 5.41) is 2.37. The molecule has 0 aliphatic heterocycles. The molecule has 7 aromatic carbocycles. The van der Waals surface area contributed by atoms with Crippen molar-refractivity contribution in [2.24, 2.45) is 0 Å². The molecule has 6 nitrogen and oxygen atoms in total. The molecule has 0 saturated heterocycles. The lowest BCUT2D eigenvalue weighted by Gasteiger charge is -2.17. The second-order valence-electron chi connectivity index (χ2n) is 14.3. The molecule has 0 unspecified atom stereocenters. The predicted molar refractivity (Wildman–Crippen MR) is 232 cm³/mol. The van der Waals surface area contributed by atoms with Crippen molar-refractivity contribution in [3.63, 3.8) is 0 Å². The van der Waals surface area contributed by atoms with Gasteiger partial charge in [0.2, 0.25) is 0 Å². The largest absolute Gasteiger partial charge is 0.308 e. The zero-order valence-electron chi connectivity index (χ0n) is 31.5. The minimum absolute atomic E-state index is 0.565. The average molecular weight is 733 g/mol. The van der Waals surface area contributed by atoms with E-state index in [1.807, 2.05) is 97.1 Å². The molecule has 0 spiro atoms. The Kier molecular flexibility index (Phi) is 8.49. The third-order valence-electron chi connectivity index (χ3n) is 10.4. The maximum atomic E-state index is 5.26. The van der Waals surface area contributed by atoms with E-state index >= 15 is 0 Å². The highest BCUT2D eigenvalue weighted by Crippen LogP contribution is 2.39. The first-order valence-electron chi connectivity index (χ1n) is 19.1. The second-order valence-corrected chi connectivity index (χ2v) is 14.3. The number of hydrogen-bond acceptors (Lipinski definition) is 5. The van der Waals surface area contributed by atoms with Crippen LogP contribution in [0, 0.1) is 13.8 Å². The zero-order valence-corrected chi connectivity index (χ0v) is 31.5. The normalized spacial score (nSPS) is 11.3. The highest BCUT2D eigenvalue weighted by molar-refractivity contribution is 6.10. The van der Waals surface area contributed by atoms with Gasteiger partial charge in [-0.05, 0) is 55.3 Å². The van der Waals surface area contributed by atoms with E-state index in [1.165, 1.54) is 21.9 Å². The SMILES string of the molecule is Cc1ccc2c3ccc(C)cc3n(-c3ccc(-c4cc(-c5ccccc5)nc(-c5ccccc5)n4)cc3-c3nc(-c4ccccc4)nc(-c4ccccc4)n3)c2c1. The highest BCUT2D eigenvalue weighted by atomic mass is 15.1. The van der Waals surface area contributed by atoms with E-state index in [-0.39, 0.29) is 0 Å². The van der Waals surface area contributed by atoms with E-state index in [4.69, 9.17) is 24.9 Å². The summed E-state index contributed by atoms with van der Waals surface area (Å²) >= 11 is 0. The van der Waals surface area contributed by atoms with E-state index < -0.39 is 0 Å². The molecule has 0 N–H and O–H groups in total. The maximum Gasteiger partial charge on any atom is 0.166 e. The van der Waals surface area contributed by atoms with Crippen molar-refractivity contribution in [2.45, 2.75) is 13.8 Å². The summed E-state index contributed by atoms with van der Waals surface area (Å²) in [5.74, 6) is 2.42. The standard InChI is InChI=1S/C51H36N6/c1-33-23-26-40-41-27-24-34(2)30-47(41)57(46(40)29-33)45-28-25-39(44-32-43(35-15-7-3-8-16-35)52-48(53-44)36-17-9-4-10-18-36)31-42(45)51-55-49(37-19-11-5-12-20-37)54-50(56-51)38-21-13-6-14-22-38/h3-32H,1-2H3. The van der Waals surface area contributed by atoms with Crippen molar-refractivity contribution in [1.82, 2.24) is 29.5 Å². The molecule has 3 heterocycles. The summed E-state index contributed by atoms with van der Waals surface area (Å²) < 4.78 is 2.36. The summed E-state index contributed by atoms with van der Waals surface area (Å²) in [4.78, 5) is 25.8. The minimum atomic E-state index is 0.565. The highest BCUT2D eigenvalue weighted by Gasteiger charge is 2.21. The van der Waals surface area contributed by atoms with Gasteiger partial charge in [0, 0.05) is 44.2 Å². The molecule has 0 aliphatic rings. The maximum absolute atomic E-state index is 5.26. The van der Waals surface area contributed by atoms with Crippen LogP contribution in [0.2, 0.25) is 0 Å². The van der Waals surface area contributed by atoms with Crippen LogP contribution in [0.5, 0.6) is 0 Å². The third kappa shape index (κ3) is 6.43. The molecule has 10 rings (SSSR count). The van der Waals surface area contributed by atoms with Gasteiger partial charge in [0.25, 0.3) is 0 Å². The van der Waals surface area contributed by atoms with Crippen molar-refractivity contribution >= 4 is 21.8 Å². The van der Waals surface area contributed by atoms with E-state index in [1.54, 1.807) is 0 Å². The first kappa shape index (κ1) is 34.0. The van der Waals surface area contributed by atoms with Crippen LogP contribution in [0.25, 0.3) is 95.6 Å². The lowest BCUT2D eigenvalue weighted by atomic mass is 10.0. The summed E-state index contributed by atoms with van der Waals surface area (Å²) in [6, 6.07) is 62.6. The monoisotopic (exact) mass is 732 g/mol. The van der Waals surface area contributed by atoms with Crippen LogP contribution in [-0.2, 0) is 0 Å². The molecule has 0 amide bonds. The smallest absolute Gasteiger partial charge is 0.166 e. The summed E-state index contributed by atoms with van der Waals surface area (Å²) in [6.45, 7) is 4.29. The zero-order chi connectivity index (χ0) is 38.3. The Balaban J connectivity index is 1.28. The van der Waals surface area contributed by atoms with Crippen LogP contribution in [0.1, 0.15) is 11.1 Å². The number of fused-ring (bicyclic) bond motifs is 3. The minimum Gasteiger partial charge on any atom is -0.308 e. The summed E-state index contributed by atoms with van der Waals surface area (Å²) in [6.07, 6.45) is 0. The van der Waals surface area contributed by atoms with Crippen LogP contribution in [0.4, 0.5) is 0 Å². The number of rotatable bonds is 7. The van der Waals surface area contributed by atoms with Gasteiger partial charge in [-0.2, -0.15) is 0 Å². The number of aromatic nitrogens is 6. The molecule has 0 bridgehead atoms. The molecule has 0 radical (unpaired) electrons. The molecule has 10 aromatic rings. The molecule has 3 aromatic heterocycles. The van der Waals surface area contributed by atoms with Crippen LogP contribution in [0.3, 0.4) is 0 Å². The third-order valence-corrected chi connectivity index (χ3v) is 10.4. The molecule has 0 aliphatic carbocycles. The lowest BCUT2D eigenvalue weighted by Crippen LogP contribution is -2.04. The Bertz CT molecular complexity index is 2890. The average Bonchev–Trinajstić information content (AvgIpc) is 3.59. The number of benzene rings is 7. The Morgan fingerprint density at radius 2 is 0.754 bits per heavy atom. The van der Waals surface area contributed by atoms with Crippen LogP contribution in [-0.4, -0.2) is 29.5 Å². The number of nitrogens with zero attached hydrogens (tertiary/aromatic N) is 6. The van der Waals surface area contributed by atoms with Gasteiger partial charge in [0.05, 0.1) is 28.1 Å². The Morgan fingerprint density at radius 1 is 0.333 bits per heavy atom. The molecular formula is C51H36N6. The van der Waals surface area contributed by atoms with Gasteiger partial charge >= 0.3 is 0 Å². The fraction of sp³-hybridized carbons (Fsp3) is 0.0392. The fourth-order valence-corrected chi connectivity index (χ4v) is 7.56. The first-order valence-corrected chi connectivity index (χ1v) is 19.1. The van der Waals surface area contributed by atoms with E-state index in [2.05, 4.69) is 103 Å². The number of aryl methyl sites for hydroxylation is 2.